The molecule has 9 heteroatoms. The summed E-state index contributed by atoms with van der Waals surface area (Å²) in [6.07, 6.45) is 0.671. The summed E-state index contributed by atoms with van der Waals surface area (Å²) < 4.78 is 1.68. The monoisotopic (exact) mass is 521 g/mol. The summed E-state index contributed by atoms with van der Waals surface area (Å²) in [7, 11) is 0. The summed E-state index contributed by atoms with van der Waals surface area (Å²) >= 11 is 12.3. The molecule has 2 N–H and O–H groups in total. The van der Waals surface area contributed by atoms with Crippen LogP contribution in [0.5, 0.6) is 0 Å². The van der Waals surface area contributed by atoms with Gasteiger partial charge in [-0.15, -0.1) is 0 Å². The molecule has 3 amide bonds. The van der Waals surface area contributed by atoms with Gasteiger partial charge in [0.15, 0.2) is 0 Å². The highest BCUT2D eigenvalue weighted by atomic mass is 35.5. The summed E-state index contributed by atoms with van der Waals surface area (Å²) in [4.78, 5) is 27.5. The average molecular weight is 522 g/mol. The molecule has 184 valence electrons. The third-order valence-corrected chi connectivity index (χ3v) is 6.17. The van der Waals surface area contributed by atoms with Crippen molar-refractivity contribution in [3.8, 4) is 16.9 Å². The molecule has 0 spiro atoms. The van der Waals surface area contributed by atoms with Gasteiger partial charge in [-0.1, -0.05) is 84.7 Å². The number of rotatable bonds is 8. The second kappa shape index (κ2) is 11.7. The molecule has 7 nitrogen and oxygen atoms in total. The minimum absolute atomic E-state index is 0.154. The second-order valence-corrected chi connectivity index (χ2v) is 8.81. The average Bonchev–Trinajstić information content (AvgIpc) is 3.31. The lowest BCUT2D eigenvalue weighted by Gasteiger charge is -2.22. The van der Waals surface area contributed by atoms with Crippen molar-refractivity contribution >= 4 is 46.6 Å². The fourth-order valence-electron chi connectivity index (χ4n) is 3.66. The smallest absolute Gasteiger partial charge is 0.315 e. The zero-order chi connectivity index (χ0) is 25.5. The molecule has 0 bridgehead atoms. The Bertz CT molecular complexity index is 1340. The van der Waals surface area contributed by atoms with Crippen LogP contribution in [0.4, 0.5) is 16.3 Å². The van der Waals surface area contributed by atoms with E-state index in [-0.39, 0.29) is 17.5 Å². The fourth-order valence-corrected chi connectivity index (χ4v) is 4.01. The molecule has 3 aromatic carbocycles. The third kappa shape index (κ3) is 6.05. The number of amides is 3. The van der Waals surface area contributed by atoms with E-state index in [0.717, 1.165) is 11.3 Å². The van der Waals surface area contributed by atoms with Crippen LogP contribution in [-0.4, -0.2) is 39.7 Å². The lowest BCUT2D eigenvalue weighted by atomic mass is 10.1. The molecule has 4 aromatic rings. The molecule has 0 unspecified atom stereocenters. The van der Waals surface area contributed by atoms with Crippen LogP contribution in [0.25, 0.3) is 16.9 Å². The van der Waals surface area contributed by atoms with E-state index in [4.69, 9.17) is 28.3 Å². The van der Waals surface area contributed by atoms with Crippen molar-refractivity contribution in [1.82, 2.24) is 14.7 Å². The molecule has 0 saturated heterocycles. The van der Waals surface area contributed by atoms with Gasteiger partial charge < -0.3 is 15.5 Å². The number of nitrogens with zero attached hydrogens (tertiary/aromatic N) is 3. The molecule has 1 heterocycles. The van der Waals surface area contributed by atoms with E-state index in [1.54, 1.807) is 22.9 Å². The Hall–Kier alpha value is -3.81. The summed E-state index contributed by atoms with van der Waals surface area (Å²) in [5.41, 5.74) is 2.82. The number of halogens is 2. The van der Waals surface area contributed by atoms with E-state index in [1.807, 2.05) is 73.7 Å². The van der Waals surface area contributed by atoms with Crippen LogP contribution >= 0.6 is 23.2 Å². The summed E-state index contributed by atoms with van der Waals surface area (Å²) in [5, 5.41) is 10.9. The maximum Gasteiger partial charge on any atom is 0.322 e. The molecule has 0 aliphatic heterocycles. The van der Waals surface area contributed by atoms with Gasteiger partial charge in [-0.2, -0.15) is 5.10 Å². The molecule has 0 aliphatic rings. The van der Waals surface area contributed by atoms with Crippen molar-refractivity contribution in [2.24, 2.45) is 0 Å². The standard InChI is InChI=1S/C27H25Cl2N5O2/c1-2-16-33(27(36)30-22-15-9-14-21(28)26(22)29)18-25(35)31-24-17-23(19-10-5-3-6-11-19)32-34(24)20-12-7-4-8-13-20/h3-15,17H,2,16,18H2,1H3,(H,30,36)(H,31,35). The number of aromatic nitrogens is 2. The highest BCUT2D eigenvalue weighted by molar-refractivity contribution is 6.44. The second-order valence-electron chi connectivity index (χ2n) is 8.03. The topological polar surface area (TPSA) is 79.3 Å². The van der Waals surface area contributed by atoms with Crippen molar-refractivity contribution in [2.75, 3.05) is 23.7 Å². The Balaban J connectivity index is 1.54. The van der Waals surface area contributed by atoms with E-state index in [1.165, 1.54) is 4.90 Å². The molecule has 0 aliphatic carbocycles. The van der Waals surface area contributed by atoms with Gasteiger partial charge in [-0.05, 0) is 30.7 Å². The first-order chi connectivity index (χ1) is 17.5. The van der Waals surface area contributed by atoms with Crippen molar-refractivity contribution < 1.29 is 9.59 Å². The van der Waals surface area contributed by atoms with Crippen LogP contribution in [0, 0.1) is 0 Å². The number of carbonyl (C=O) groups excluding carboxylic acids is 2. The van der Waals surface area contributed by atoms with Crippen molar-refractivity contribution in [1.29, 1.82) is 0 Å². The molecule has 0 saturated carbocycles. The number of hydrogen-bond acceptors (Lipinski definition) is 3. The van der Waals surface area contributed by atoms with Crippen molar-refractivity contribution in [3.05, 3.63) is 95.0 Å². The van der Waals surface area contributed by atoms with Gasteiger partial charge in [0.1, 0.15) is 12.4 Å². The number of carbonyl (C=O) groups is 2. The molecule has 0 radical (unpaired) electrons. The summed E-state index contributed by atoms with van der Waals surface area (Å²) in [6, 6.07) is 25.6. The summed E-state index contributed by atoms with van der Waals surface area (Å²) in [6.45, 7) is 2.16. The van der Waals surface area contributed by atoms with Crippen molar-refractivity contribution in [2.45, 2.75) is 13.3 Å². The van der Waals surface area contributed by atoms with Crippen LogP contribution in [0.2, 0.25) is 10.0 Å². The Kier molecular flexibility index (Phi) is 8.25. The van der Waals surface area contributed by atoms with Crippen LogP contribution in [0.15, 0.2) is 84.9 Å². The van der Waals surface area contributed by atoms with E-state index in [0.29, 0.717) is 35.2 Å². The maximum atomic E-state index is 13.1. The zero-order valence-corrected chi connectivity index (χ0v) is 21.1. The third-order valence-electron chi connectivity index (χ3n) is 5.36. The number of anilines is 2. The predicted octanol–water partition coefficient (Wildman–Crippen LogP) is 6.73. The molecular weight excluding hydrogens is 497 g/mol. The first-order valence-electron chi connectivity index (χ1n) is 11.5. The maximum absolute atomic E-state index is 13.1. The zero-order valence-electron chi connectivity index (χ0n) is 19.6. The number of benzene rings is 3. The minimum Gasteiger partial charge on any atom is -0.315 e. The fraction of sp³-hybridized carbons (Fsp3) is 0.148. The van der Waals surface area contributed by atoms with Gasteiger partial charge >= 0.3 is 6.03 Å². The first-order valence-corrected chi connectivity index (χ1v) is 12.2. The molecule has 4 rings (SSSR count). The quantitative estimate of drug-likeness (QED) is 0.269. The van der Waals surface area contributed by atoms with Gasteiger partial charge in [-0.3, -0.25) is 4.79 Å². The lowest BCUT2D eigenvalue weighted by Crippen LogP contribution is -2.41. The Labute approximate surface area is 219 Å². The minimum atomic E-state index is -0.447. The lowest BCUT2D eigenvalue weighted by molar-refractivity contribution is -0.116. The van der Waals surface area contributed by atoms with Gasteiger partial charge in [0, 0.05) is 18.2 Å². The van der Waals surface area contributed by atoms with Gasteiger partial charge in [0.05, 0.1) is 27.1 Å². The van der Waals surface area contributed by atoms with Crippen LogP contribution < -0.4 is 10.6 Å². The van der Waals surface area contributed by atoms with Crippen LogP contribution in [0.3, 0.4) is 0 Å². The Morgan fingerprint density at radius 1 is 0.917 bits per heavy atom. The van der Waals surface area contributed by atoms with Gasteiger partial charge in [0.25, 0.3) is 0 Å². The van der Waals surface area contributed by atoms with Crippen LogP contribution in [-0.2, 0) is 4.79 Å². The number of urea groups is 1. The molecule has 1 aromatic heterocycles. The highest BCUT2D eigenvalue weighted by Gasteiger charge is 2.20. The Morgan fingerprint density at radius 2 is 1.61 bits per heavy atom. The first kappa shape index (κ1) is 25.3. The molecule has 0 fully saturated rings. The predicted molar refractivity (Wildman–Crippen MR) is 145 cm³/mol. The highest BCUT2D eigenvalue weighted by Crippen LogP contribution is 2.30. The normalized spacial score (nSPS) is 10.6. The van der Waals surface area contributed by atoms with Crippen molar-refractivity contribution in [3.63, 3.8) is 0 Å². The number of para-hydroxylation sites is 1. The van der Waals surface area contributed by atoms with Gasteiger partial charge in [0.2, 0.25) is 5.91 Å². The molecule has 0 atom stereocenters. The van der Waals surface area contributed by atoms with Crippen LogP contribution in [0.1, 0.15) is 13.3 Å². The van der Waals surface area contributed by atoms with Gasteiger partial charge in [-0.25, -0.2) is 9.48 Å². The number of nitrogens with one attached hydrogen (secondary N) is 2. The summed E-state index contributed by atoms with van der Waals surface area (Å²) in [5.74, 6) is 0.146. The van der Waals surface area contributed by atoms with E-state index >= 15 is 0 Å². The molecular formula is C27H25Cl2N5O2. The van der Waals surface area contributed by atoms with E-state index < -0.39 is 6.03 Å². The Morgan fingerprint density at radius 3 is 2.31 bits per heavy atom. The SMILES string of the molecule is CCCN(CC(=O)Nc1cc(-c2ccccc2)nn1-c1ccccc1)C(=O)Nc1cccc(Cl)c1Cl. The van der Waals surface area contributed by atoms with E-state index in [9.17, 15) is 9.59 Å². The number of hydrogen-bond donors (Lipinski definition) is 2. The largest absolute Gasteiger partial charge is 0.322 e. The molecule has 36 heavy (non-hydrogen) atoms. The van der Waals surface area contributed by atoms with E-state index in [2.05, 4.69) is 10.6 Å².